The lowest BCUT2D eigenvalue weighted by atomic mass is 10.1. The molecule has 0 N–H and O–H groups in total. The number of ether oxygens (including phenoxy) is 2. The molecule has 120 valence electrons. The van der Waals surface area contributed by atoms with Crippen LogP contribution in [0.1, 0.15) is 39.0 Å². The predicted octanol–water partition coefficient (Wildman–Crippen LogP) is 4.64. The fourth-order valence-electron chi connectivity index (χ4n) is 1.96. The van der Waals surface area contributed by atoms with E-state index in [-0.39, 0.29) is 5.97 Å². The van der Waals surface area contributed by atoms with Crippen LogP contribution in [0.3, 0.4) is 0 Å². The highest BCUT2D eigenvalue weighted by Gasteiger charge is 2.34. The van der Waals surface area contributed by atoms with Crippen LogP contribution in [0.5, 0.6) is 0 Å². The summed E-state index contributed by atoms with van der Waals surface area (Å²) in [6.07, 6.45) is 24.5. The van der Waals surface area contributed by atoms with Crippen LogP contribution >= 0.6 is 0 Å². The van der Waals surface area contributed by atoms with Gasteiger partial charge in [-0.05, 0) is 31.8 Å². The van der Waals surface area contributed by atoms with Gasteiger partial charge in [0, 0.05) is 19.6 Å². The molecular formula is C19H26O3. The standard InChI is InChI=1S/C19H26O3/c1-3-4-5-6-7-8-9-10-11-12-13-14-16-19(21-2)17-15-18(20)22-19/h4-5,7-8,10-11,13-15,17H,3,6,9,12,16H2,1-2H3/b5-4+,8-7-,11-10-,14-13-/t19-/m0/s1. The van der Waals surface area contributed by atoms with Gasteiger partial charge in [-0.3, -0.25) is 0 Å². The third-order valence-electron chi connectivity index (χ3n) is 3.21. The Labute approximate surface area is 133 Å². The highest BCUT2D eigenvalue weighted by molar-refractivity contribution is 5.84. The van der Waals surface area contributed by atoms with Crippen LogP contribution in [-0.2, 0) is 14.3 Å². The number of cyclic esters (lactones) is 1. The first-order valence-corrected chi connectivity index (χ1v) is 7.80. The SMILES string of the molecule is CC/C=C/C/C=C\C/C=C\C/C=C\C[C@@]1(OC)C=CC(=O)O1. The van der Waals surface area contributed by atoms with Gasteiger partial charge in [-0.15, -0.1) is 0 Å². The molecule has 1 rings (SSSR count). The van der Waals surface area contributed by atoms with Gasteiger partial charge in [0.1, 0.15) is 0 Å². The van der Waals surface area contributed by atoms with E-state index < -0.39 is 5.79 Å². The highest BCUT2D eigenvalue weighted by atomic mass is 16.7. The maximum Gasteiger partial charge on any atom is 0.333 e. The predicted molar refractivity (Wildman–Crippen MR) is 90.3 cm³/mol. The fraction of sp³-hybridized carbons (Fsp3) is 0.421. The largest absolute Gasteiger partial charge is 0.426 e. The molecule has 0 aromatic carbocycles. The third-order valence-corrected chi connectivity index (χ3v) is 3.21. The molecule has 0 amide bonds. The summed E-state index contributed by atoms with van der Waals surface area (Å²) in [4.78, 5) is 11.1. The molecule has 0 spiro atoms. The number of methoxy groups -OCH3 is 1. The summed E-state index contributed by atoms with van der Waals surface area (Å²) in [7, 11) is 1.54. The number of esters is 1. The van der Waals surface area contributed by atoms with E-state index in [0.29, 0.717) is 6.42 Å². The van der Waals surface area contributed by atoms with E-state index in [2.05, 4.69) is 43.4 Å². The molecule has 0 saturated heterocycles. The van der Waals surface area contributed by atoms with Crippen molar-refractivity contribution < 1.29 is 14.3 Å². The molecule has 1 aliphatic heterocycles. The topological polar surface area (TPSA) is 35.5 Å². The molecule has 0 bridgehead atoms. The Kier molecular flexibility index (Phi) is 8.92. The van der Waals surface area contributed by atoms with Gasteiger partial charge in [0.25, 0.3) is 0 Å². The van der Waals surface area contributed by atoms with Crippen molar-refractivity contribution in [2.45, 2.75) is 44.8 Å². The van der Waals surface area contributed by atoms with E-state index in [0.717, 1.165) is 25.7 Å². The highest BCUT2D eigenvalue weighted by Crippen LogP contribution is 2.25. The first-order valence-electron chi connectivity index (χ1n) is 7.80. The van der Waals surface area contributed by atoms with Crippen molar-refractivity contribution >= 4 is 5.97 Å². The van der Waals surface area contributed by atoms with Gasteiger partial charge in [0.15, 0.2) is 0 Å². The Hall–Kier alpha value is -1.87. The van der Waals surface area contributed by atoms with Gasteiger partial charge in [-0.2, -0.15) is 0 Å². The minimum absolute atomic E-state index is 0.351. The van der Waals surface area contributed by atoms with Crippen LogP contribution < -0.4 is 0 Å². The number of hydrogen-bond donors (Lipinski definition) is 0. The average molecular weight is 302 g/mol. The van der Waals surface area contributed by atoms with Crippen LogP contribution in [0, 0.1) is 0 Å². The Bertz CT molecular complexity index is 469. The summed E-state index contributed by atoms with van der Waals surface area (Å²) in [6.45, 7) is 2.14. The van der Waals surface area contributed by atoms with Crippen LogP contribution in [0.25, 0.3) is 0 Å². The molecule has 22 heavy (non-hydrogen) atoms. The summed E-state index contributed by atoms with van der Waals surface area (Å²) in [5.41, 5.74) is 0. The molecular weight excluding hydrogens is 276 g/mol. The molecule has 0 radical (unpaired) electrons. The lowest BCUT2D eigenvalue weighted by Gasteiger charge is -2.22. The van der Waals surface area contributed by atoms with Crippen molar-refractivity contribution in [1.29, 1.82) is 0 Å². The van der Waals surface area contributed by atoms with Crippen molar-refractivity contribution in [3.63, 3.8) is 0 Å². The van der Waals surface area contributed by atoms with E-state index in [4.69, 9.17) is 9.47 Å². The maximum atomic E-state index is 11.1. The molecule has 1 atom stereocenters. The van der Waals surface area contributed by atoms with Gasteiger partial charge < -0.3 is 9.47 Å². The summed E-state index contributed by atoms with van der Waals surface area (Å²) in [6, 6.07) is 0. The Morgan fingerprint density at radius 2 is 1.55 bits per heavy atom. The number of carbonyl (C=O) groups excluding carboxylic acids is 1. The zero-order valence-electron chi connectivity index (χ0n) is 13.5. The van der Waals surface area contributed by atoms with Crippen LogP contribution in [0.4, 0.5) is 0 Å². The number of allylic oxidation sites excluding steroid dienone is 7. The van der Waals surface area contributed by atoms with Crippen molar-refractivity contribution in [1.82, 2.24) is 0 Å². The van der Waals surface area contributed by atoms with E-state index in [1.807, 2.05) is 12.2 Å². The summed E-state index contributed by atoms with van der Waals surface area (Å²) < 4.78 is 10.4. The number of carbonyl (C=O) groups is 1. The molecule has 0 saturated carbocycles. The van der Waals surface area contributed by atoms with Gasteiger partial charge in [0.05, 0.1) is 0 Å². The van der Waals surface area contributed by atoms with Gasteiger partial charge in [0.2, 0.25) is 5.79 Å². The molecule has 0 fully saturated rings. The smallest absolute Gasteiger partial charge is 0.333 e. The Morgan fingerprint density at radius 1 is 1.00 bits per heavy atom. The zero-order valence-corrected chi connectivity index (χ0v) is 13.5. The van der Waals surface area contributed by atoms with Crippen molar-refractivity contribution in [3.8, 4) is 0 Å². The molecule has 0 aliphatic carbocycles. The monoisotopic (exact) mass is 302 g/mol. The zero-order chi connectivity index (χ0) is 16.1. The minimum atomic E-state index is -0.911. The maximum absolute atomic E-state index is 11.1. The molecule has 1 heterocycles. The first-order chi connectivity index (χ1) is 10.7. The van der Waals surface area contributed by atoms with Gasteiger partial charge >= 0.3 is 5.97 Å². The van der Waals surface area contributed by atoms with Crippen LogP contribution in [0.15, 0.2) is 60.8 Å². The Morgan fingerprint density at radius 3 is 2.00 bits per heavy atom. The van der Waals surface area contributed by atoms with E-state index in [1.54, 1.807) is 13.2 Å². The minimum Gasteiger partial charge on any atom is -0.426 e. The van der Waals surface area contributed by atoms with Crippen LogP contribution in [0.2, 0.25) is 0 Å². The molecule has 3 heteroatoms. The summed E-state index contributed by atoms with van der Waals surface area (Å²) >= 11 is 0. The second-order valence-electron chi connectivity index (χ2n) is 4.98. The first kappa shape index (κ1) is 18.2. The molecule has 1 aliphatic rings. The molecule has 0 aromatic heterocycles. The molecule has 0 unspecified atom stereocenters. The van der Waals surface area contributed by atoms with Crippen molar-refractivity contribution in [2.75, 3.05) is 7.11 Å². The van der Waals surface area contributed by atoms with Gasteiger partial charge in [-0.1, -0.05) is 55.5 Å². The Balaban J connectivity index is 2.16. The van der Waals surface area contributed by atoms with Crippen molar-refractivity contribution in [2.24, 2.45) is 0 Å². The van der Waals surface area contributed by atoms with Gasteiger partial charge in [-0.25, -0.2) is 4.79 Å². The van der Waals surface area contributed by atoms with Crippen molar-refractivity contribution in [3.05, 3.63) is 60.8 Å². The summed E-state index contributed by atoms with van der Waals surface area (Å²) in [5, 5.41) is 0. The second-order valence-corrected chi connectivity index (χ2v) is 4.98. The average Bonchev–Trinajstić information content (AvgIpc) is 2.90. The molecule has 3 nitrogen and oxygen atoms in total. The normalized spacial score (nSPS) is 22.0. The lowest BCUT2D eigenvalue weighted by molar-refractivity contribution is -0.186. The molecule has 0 aromatic rings. The quantitative estimate of drug-likeness (QED) is 0.436. The number of rotatable bonds is 10. The van der Waals surface area contributed by atoms with E-state index in [1.165, 1.54) is 6.08 Å². The fourth-order valence-corrected chi connectivity index (χ4v) is 1.96. The summed E-state index contributed by atoms with van der Waals surface area (Å²) in [5.74, 6) is -1.26. The second kappa shape index (κ2) is 10.8. The number of hydrogen-bond acceptors (Lipinski definition) is 3. The van der Waals surface area contributed by atoms with Crippen LogP contribution in [-0.4, -0.2) is 18.9 Å². The third kappa shape index (κ3) is 7.23. The lowest BCUT2D eigenvalue weighted by Crippen LogP contribution is -2.29. The van der Waals surface area contributed by atoms with E-state index >= 15 is 0 Å². The van der Waals surface area contributed by atoms with E-state index in [9.17, 15) is 4.79 Å².